The van der Waals surface area contributed by atoms with Gasteiger partial charge in [0.15, 0.2) is 0 Å². The number of nitrogens with one attached hydrogen (secondary N) is 1. The molecule has 2 N–H and O–H groups in total. The number of amides is 2. The molecule has 1 aliphatic heterocycles. The normalized spacial score (nSPS) is 18.1. The highest BCUT2D eigenvalue weighted by molar-refractivity contribution is 5.94. The van der Waals surface area contributed by atoms with Crippen LogP contribution in [0.2, 0.25) is 0 Å². The standard InChI is InChI=1S/C16H22N2O3/c1-10(2)12-6-7-18(9-12)16(21)17-13-5-4-11(3)14(8-13)15(19)20/h4-5,8,10,12H,6-7,9H2,1-3H3,(H,17,21)(H,19,20). The molecule has 1 aromatic rings. The van der Waals surface area contributed by atoms with Gasteiger partial charge in [0.25, 0.3) is 0 Å². The van der Waals surface area contributed by atoms with E-state index >= 15 is 0 Å². The minimum Gasteiger partial charge on any atom is -0.478 e. The van der Waals surface area contributed by atoms with Gasteiger partial charge in [0.1, 0.15) is 0 Å². The molecule has 1 aromatic carbocycles. The second-order valence-electron chi connectivity index (χ2n) is 6.00. The van der Waals surface area contributed by atoms with Crippen LogP contribution in [0.4, 0.5) is 10.5 Å². The molecule has 2 rings (SSSR count). The Hall–Kier alpha value is -2.04. The van der Waals surface area contributed by atoms with Gasteiger partial charge < -0.3 is 15.3 Å². The average molecular weight is 290 g/mol. The number of aromatic carboxylic acids is 1. The molecule has 0 aromatic heterocycles. The topological polar surface area (TPSA) is 69.6 Å². The number of rotatable bonds is 3. The molecule has 1 fully saturated rings. The monoisotopic (exact) mass is 290 g/mol. The van der Waals surface area contributed by atoms with Gasteiger partial charge in [0.05, 0.1) is 5.56 Å². The third-order valence-electron chi connectivity index (χ3n) is 4.17. The predicted octanol–water partition coefficient (Wildman–Crippen LogP) is 3.20. The lowest BCUT2D eigenvalue weighted by Crippen LogP contribution is -2.33. The molecule has 1 unspecified atom stereocenters. The van der Waals surface area contributed by atoms with Gasteiger partial charge in [-0.2, -0.15) is 0 Å². The molecule has 1 heterocycles. The average Bonchev–Trinajstić information content (AvgIpc) is 2.90. The molecule has 5 heteroatoms. The largest absolute Gasteiger partial charge is 0.478 e. The minimum absolute atomic E-state index is 0.154. The van der Waals surface area contributed by atoms with Crippen LogP contribution in [0.5, 0.6) is 0 Å². The first-order chi connectivity index (χ1) is 9.88. The van der Waals surface area contributed by atoms with Crippen molar-refractivity contribution in [2.75, 3.05) is 18.4 Å². The Morgan fingerprint density at radius 2 is 2.10 bits per heavy atom. The Bertz CT molecular complexity index is 554. The summed E-state index contributed by atoms with van der Waals surface area (Å²) >= 11 is 0. The summed E-state index contributed by atoms with van der Waals surface area (Å²) in [6.45, 7) is 7.60. The molecule has 114 valence electrons. The Balaban J connectivity index is 2.04. The lowest BCUT2D eigenvalue weighted by Gasteiger charge is -2.19. The van der Waals surface area contributed by atoms with Gasteiger partial charge in [-0.3, -0.25) is 0 Å². The lowest BCUT2D eigenvalue weighted by molar-refractivity contribution is 0.0696. The molecule has 0 spiro atoms. The van der Waals surface area contributed by atoms with Crippen LogP contribution < -0.4 is 5.32 Å². The number of carbonyl (C=O) groups is 2. The Kier molecular flexibility index (Phi) is 4.50. The van der Waals surface area contributed by atoms with Gasteiger partial charge in [-0.25, -0.2) is 9.59 Å². The number of hydrogen-bond acceptors (Lipinski definition) is 2. The SMILES string of the molecule is Cc1ccc(NC(=O)N2CCC(C(C)C)C2)cc1C(=O)O. The summed E-state index contributed by atoms with van der Waals surface area (Å²) in [5.41, 5.74) is 1.42. The molecule has 21 heavy (non-hydrogen) atoms. The van der Waals surface area contributed by atoms with Crippen molar-refractivity contribution in [3.05, 3.63) is 29.3 Å². The third kappa shape index (κ3) is 3.54. The van der Waals surface area contributed by atoms with Crippen LogP contribution in [0.1, 0.15) is 36.2 Å². The molecule has 2 amide bonds. The summed E-state index contributed by atoms with van der Waals surface area (Å²) in [4.78, 5) is 25.1. The van der Waals surface area contributed by atoms with Crippen molar-refractivity contribution < 1.29 is 14.7 Å². The highest BCUT2D eigenvalue weighted by Crippen LogP contribution is 2.24. The van der Waals surface area contributed by atoms with E-state index in [2.05, 4.69) is 19.2 Å². The molecule has 0 bridgehead atoms. The number of carbonyl (C=O) groups excluding carboxylic acids is 1. The van der Waals surface area contributed by atoms with Gasteiger partial charge in [-0.15, -0.1) is 0 Å². The maximum absolute atomic E-state index is 12.2. The summed E-state index contributed by atoms with van der Waals surface area (Å²) in [5, 5.41) is 11.9. The van der Waals surface area contributed by atoms with Crippen LogP contribution in [-0.4, -0.2) is 35.1 Å². The first-order valence-corrected chi connectivity index (χ1v) is 7.28. The van der Waals surface area contributed by atoms with Crippen molar-refractivity contribution >= 4 is 17.7 Å². The van der Waals surface area contributed by atoms with Crippen LogP contribution in [0, 0.1) is 18.8 Å². The highest BCUT2D eigenvalue weighted by atomic mass is 16.4. The molecular weight excluding hydrogens is 268 g/mol. The molecule has 0 aliphatic carbocycles. The number of likely N-dealkylation sites (tertiary alicyclic amines) is 1. The van der Waals surface area contributed by atoms with Gasteiger partial charge >= 0.3 is 12.0 Å². The minimum atomic E-state index is -0.982. The van der Waals surface area contributed by atoms with E-state index in [0.29, 0.717) is 23.1 Å². The molecule has 0 radical (unpaired) electrons. The van der Waals surface area contributed by atoms with Crippen LogP contribution >= 0.6 is 0 Å². The van der Waals surface area contributed by atoms with Crippen molar-refractivity contribution in [3.8, 4) is 0 Å². The molecule has 5 nitrogen and oxygen atoms in total. The zero-order chi connectivity index (χ0) is 15.6. The van der Waals surface area contributed by atoms with Crippen molar-refractivity contribution in [2.24, 2.45) is 11.8 Å². The van der Waals surface area contributed by atoms with Crippen LogP contribution in [0.25, 0.3) is 0 Å². The van der Waals surface area contributed by atoms with Gasteiger partial charge in [-0.05, 0) is 42.9 Å². The van der Waals surface area contributed by atoms with Crippen LogP contribution in [-0.2, 0) is 0 Å². The van der Waals surface area contributed by atoms with E-state index < -0.39 is 5.97 Å². The maximum Gasteiger partial charge on any atom is 0.336 e. The quantitative estimate of drug-likeness (QED) is 0.898. The summed E-state index contributed by atoms with van der Waals surface area (Å²) in [7, 11) is 0. The maximum atomic E-state index is 12.2. The summed E-state index contributed by atoms with van der Waals surface area (Å²) in [5.74, 6) is 0.133. The van der Waals surface area contributed by atoms with E-state index in [1.807, 2.05) is 0 Å². The number of hydrogen-bond donors (Lipinski definition) is 2. The van der Waals surface area contributed by atoms with E-state index in [9.17, 15) is 9.59 Å². The number of benzene rings is 1. The number of aryl methyl sites for hydroxylation is 1. The fraction of sp³-hybridized carbons (Fsp3) is 0.500. The van der Waals surface area contributed by atoms with Crippen molar-refractivity contribution in [2.45, 2.75) is 27.2 Å². The Morgan fingerprint density at radius 1 is 1.38 bits per heavy atom. The molecule has 1 atom stereocenters. The van der Waals surface area contributed by atoms with E-state index in [0.717, 1.165) is 19.5 Å². The van der Waals surface area contributed by atoms with Crippen LogP contribution in [0.15, 0.2) is 18.2 Å². The predicted molar refractivity (Wildman–Crippen MR) is 81.7 cm³/mol. The summed E-state index contributed by atoms with van der Waals surface area (Å²) in [6.07, 6.45) is 1.03. The first-order valence-electron chi connectivity index (χ1n) is 7.28. The highest BCUT2D eigenvalue weighted by Gasteiger charge is 2.28. The molecule has 1 saturated heterocycles. The Labute approximate surface area is 125 Å². The zero-order valence-electron chi connectivity index (χ0n) is 12.7. The first kappa shape index (κ1) is 15.4. The second-order valence-corrected chi connectivity index (χ2v) is 6.00. The van der Waals surface area contributed by atoms with E-state index in [-0.39, 0.29) is 11.6 Å². The Morgan fingerprint density at radius 3 is 2.67 bits per heavy atom. The number of nitrogens with zero attached hydrogens (tertiary/aromatic N) is 1. The fourth-order valence-corrected chi connectivity index (χ4v) is 2.65. The number of anilines is 1. The zero-order valence-corrected chi connectivity index (χ0v) is 12.7. The van der Waals surface area contributed by atoms with E-state index in [1.54, 1.807) is 24.0 Å². The van der Waals surface area contributed by atoms with Gasteiger partial charge in [0, 0.05) is 18.8 Å². The number of carboxylic acid groups (broad SMARTS) is 1. The number of urea groups is 1. The van der Waals surface area contributed by atoms with Crippen molar-refractivity contribution in [3.63, 3.8) is 0 Å². The fourth-order valence-electron chi connectivity index (χ4n) is 2.65. The lowest BCUT2D eigenvalue weighted by atomic mass is 9.95. The van der Waals surface area contributed by atoms with Crippen molar-refractivity contribution in [1.82, 2.24) is 4.90 Å². The van der Waals surface area contributed by atoms with Gasteiger partial charge in [-0.1, -0.05) is 19.9 Å². The van der Waals surface area contributed by atoms with E-state index in [1.165, 1.54) is 6.07 Å². The number of carboxylic acids is 1. The molecule has 0 saturated carbocycles. The molecule has 1 aliphatic rings. The van der Waals surface area contributed by atoms with Crippen molar-refractivity contribution in [1.29, 1.82) is 0 Å². The summed E-state index contributed by atoms with van der Waals surface area (Å²) < 4.78 is 0. The van der Waals surface area contributed by atoms with Gasteiger partial charge in [0.2, 0.25) is 0 Å². The second kappa shape index (κ2) is 6.16. The third-order valence-corrected chi connectivity index (χ3v) is 4.17. The molecular formula is C16H22N2O3. The van der Waals surface area contributed by atoms with E-state index in [4.69, 9.17) is 5.11 Å². The summed E-state index contributed by atoms with van der Waals surface area (Å²) in [6, 6.07) is 4.79. The van der Waals surface area contributed by atoms with Crippen LogP contribution in [0.3, 0.4) is 0 Å². The smallest absolute Gasteiger partial charge is 0.336 e.